The summed E-state index contributed by atoms with van der Waals surface area (Å²) in [5, 5.41) is 38.9. The lowest BCUT2D eigenvalue weighted by Gasteiger charge is -2.08. The number of nitrogens with zero attached hydrogens (tertiary/aromatic N) is 4. The van der Waals surface area contributed by atoms with Crippen LogP contribution >= 0.6 is 0 Å². The minimum Gasteiger partial charge on any atom is -0.619 e. The van der Waals surface area contributed by atoms with Gasteiger partial charge in [0.05, 0.1) is 33.5 Å². The second-order valence-electron chi connectivity index (χ2n) is 12.3. The standard InChI is InChI=1S/C42H28N6O3/c49-46-23-19-29(20-24-46)39-31-11-12-32(43-31)40(30-21-25-47(50)26-22-30)34-14-16-36(45-34)42(28-9-5-2-6-10-28)38-18-17-37(48(38)51)41(27-7-3-1-4-8-27)35-15-13-33(39)44-35/h1-26,44-45H. The number of hydrogen-bond donors (Lipinski definition) is 2. The molecule has 2 aliphatic heterocycles. The van der Waals surface area contributed by atoms with E-state index in [1.807, 2.05) is 109 Å². The molecule has 9 nitrogen and oxygen atoms in total. The lowest BCUT2D eigenvalue weighted by molar-refractivity contribution is -0.605. The lowest BCUT2D eigenvalue weighted by atomic mass is 10.0. The number of fused-ring (bicyclic) bond motifs is 8. The van der Waals surface area contributed by atoms with Gasteiger partial charge in [0.2, 0.25) is 11.4 Å². The summed E-state index contributed by atoms with van der Waals surface area (Å²) in [5.41, 5.74) is 11.7. The molecule has 9 heteroatoms. The van der Waals surface area contributed by atoms with Crippen LogP contribution in [-0.2, 0) is 0 Å². The van der Waals surface area contributed by atoms with Gasteiger partial charge in [0.25, 0.3) is 0 Å². The molecule has 0 atom stereocenters. The van der Waals surface area contributed by atoms with Crippen molar-refractivity contribution in [3.63, 3.8) is 0 Å². The molecule has 0 spiro atoms. The molecule has 0 radical (unpaired) electrons. The molecular formula is C42H28N6O3. The topological polar surface area (TPSA) is 125 Å². The first-order chi connectivity index (χ1) is 25.0. The molecule has 5 aromatic heterocycles. The average Bonchev–Trinajstić information content (AvgIpc) is 3.99. The molecule has 51 heavy (non-hydrogen) atoms. The Morgan fingerprint density at radius 3 is 1.14 bits per heavy atom. The molecule has 0 saturated heterocycles. The SMILES string of the molecule is [O-][n+]1ccc(-c2c3nc(c(-c4cc[n+]([O-])cc4)c4ccc([nH]4)c(-c4ccccc4)c4[n+]([O-])c(c(-c5ccccc5)c5ccc2[nH]5)C=C4)C=C3)cc1. The number of rotatable bonds is 4. The predicted molar refractivity (Wildman–Crippen MR) is 200 cm³/mol. The highest BCUT2D eigenvalue weighted by atomic mass is 16.5. The Labute approximate surface area is 291 Å². The summed E-state index contributed by atoms with van der Waals surface area (Å²) in [5.74, 6) is 0. The maximum atomic E-state index is 14.7. The van der Waals surface area contributed by atoms with Gasteiger partial charge in [-0.25, -0.2) is 4.98 Å². The average molecular weight is 665 g/mol. The molecular weight excluding hydrogens is 637 g/mol. The minimum absolute atomic E-state index is 0.488. The molecule has 0 saturated carbocycles. The number of H-pyrrole nitrogens is 2. The predicted octanol–water partition coefficient (Wildman–Crippen LogP) is 7.83. The van der Waals surface area contributed by atoms with E-state index in [9.17, 15) is 15.6 Å². The van der Waals surface area contributed by atoms with Gasteiger partial charge < -0.3 is 25.6 Å². The van der Waals surface area contributed by atoms with Crippen LogP contribution < -0.4 is 14.2 Å². The Kier molecular flexibility index (Phi) is 7.03. The Bertz CT molecular complexity index is 2510. The summed E-state index contributed by atoms with van der Waals surface area (Å²) in [6.07, 6.45) is 13.5. The largest absolute Gasteiger partial charge is 0.619 e. The van der Waals surface area contributed by atoms with Gasteiger partial charge in [-0.3, -0.25) is 0 Å². The first-order valence-corrected chi connectivity index (χ1v) is 16.4. The second kappa shape index (κ2) is 12.0. The van der Waals surface area contributed by atoms with Gasteiger partial charge in [0.15, 0.2) is 24.8 Å². The molecule has 0 unspecified atom stereocenters. The van der Waals surface area contributed by atoms with Crippen LogP contribution in [0.5, 0.6) is 0 Å². The Hall–Kier alpha value is -7.26. The molecule has 0 aliphatic carbocycles. The Morgan fingerprint density at radius 2 is 0.745 bits per heavy atom. The van der Waals surface area contributed by atoms with E-state index in [0.29, 0.717) is 22.8 Å². The van der Waals surface area contributed by atoms with Crippen molar-refractivity contribution in [3.8, 4) is 44.5 Å². The van der Waals surface area contributed by atoms with Crippen LogP contribution in [0.1, 0.15) is 22.8 Å². The van der Waals surface area contributed by atoms with Crippen LogP contribution in [-0.4, -0.2) is 15.0 Å². The highest BCUT2D eigenvalue weighted by Gasteiger charge is 2.25. The van der Waals surface area contributed by atoms with Crippen LogP contribution in [0, 0.1) is 15.6 Å². The summed E-state index contributed by atoms with van der Waals surface area (Å²) in [4.78, 5) is 12.4. The molecule has 244 valence electrons. The highest BCUT2D eigenvalue weighted by Crippen LogP contribution is 2.37. The number of benzene rings is 2. The van der Waals surface area contributed by atoms with Crippen LogP contribution in [0.15, 0.2) is 134 Å². The summed E-state index contributed by atoms with van der Waals surface area (Å²) in [7, 11) is 0. The highest BCUT2D eigenvalue weighted by molar-refractivity contribution is 5.98. The fourth-order valence-electron chi connectivity index (χ4n) is 6.94. The van der Waals surface area contributed by atoms with Gasteiger partial charge in [0.1, 0.15) is 0 Å². The van der Waals surface area contributed by atoms with Gasteiger partial charge in [0, 0.05) is 58.6 Å². The van der Waals surface area contributed by atoms with E-state index in [-0.39, 0.29) is 0 Å². The third-order valence-corrected chi connectivity index (χ3v) is 9.26. The lowest BCUT2D eigenvalue weighted by Crippen LogP contribution is -2.31. The van der Waals surface area contributed by atoms with Crippen molar-refractivity contribution in [1.29, 1.82) is 0 Å². The van der Waals surface area contributed by atoms with Crippen LogP contribution in [0.2, 0.25) is 0 Å². The quantitative estimate of drug-likeness (QED) is 0.147. The van der Waals surface area contributed by atoms with Gasteiger partial charge in [-0.1, -0.05) is 60.7 Å². The monoisotopic (exact) mass is 664 g/mol. The zero-order valence-corrected chi connectivity index (χ0v) is 27.0. The van der Waals surface area contributed by atoms with Crippen molar-refractivity contribution in [2.24, 2.45) is 0 Å². The van der Waals surface area contributed by atoms with E-state index in [1.165, 1.54) is 24.8 Å². The van der Waals surface area contributed by atoms with E-state index in [4.69, 9.17) is 4.98 Å². The molecule has 2 N–H and O–H groups in total. The normalized spacial score (nSPS) is 12.0. The van der Waals surface area contributed by atoms with Crippen molar-refractivity contribution >= 4 is 46.4 Å². The van der Waals surface area contributed by atoms with Crippen LogP contribution in [0.3, 0.4) is 0 Å². The maximum Gasteiger partial charge on any atom is 0.227 e. The van der Waals surface area contributed by atoms with E-state index < -0.39 is 0 Å². The number of aromatic amines is 2. The number of aromatic nitrogens is 6. The second-order valence-corrected chi connectivity index (χ2v) is 12.3. The van der Waals surface area contributed by atoms with Crippen molar-refractivity contribution < 1.29 is 14.2 Å². The number of nitrogens with one attached hydrogen (secondary N) is 2. The van der Waals surface area contributed by atoms with Gasteiger partial charge in [-0.2, -0.15) is 14.2 Å². The van der Waals surface area contributed by atoms with Gasteiger partial charge in [-0.05, 0) is 58.7 Å². The zero-order valence-electron chi connectivity index (χ0n) is 27.0. The molecule has 8 bridgehead atoms. The summed E-state index contributed by atoms with van der Waals surface area (Å²) in [6, 6.07) is 34.7. The summed E-state index contributed by atoms with van der Waals surface area (Å²) >= 11 is 0. The van der Waals surface area contributed by atoms with Crippen molar-refractivity contribution in [2.75, 3.05) is 0 Å². The van der Waals surface area contributed by atoms with E-state index in [1.54, 1.807) is 24.3 Å². The Balaban J connectivity index is 1.50. The van der Waals surface area contributed by atoms with Crippen LogP contribution in [0.4, 0.5) is 0 Å². The van der Waals surface area contributed by atoms with Crippen molar-refractivity contribution in [1.82, 2.24) is 15.0 Å². The van der Waals surface area contributed by atoms with E-state index >= 15 is 0 Å². The summed E-state index contributed by atoms with van der Waals surface area (Å²) in [6.45, 7) is 0. The molecule has 9 rings (SSSR count). The van der Waals surface area contributed by atoms with Crippen molar-refractivity contribution in [3.05, 3.63) is 172 Å². The number of pyridine rings is 2. The van der Waals surface area contributed by atoms with Gasteiger partial charge in [-0.15, -0.1) is 0 Å². The maximum absolute atomic E-state index is 14.7. The fourth-order valence-corrected chi connectivity index (χ4v) is 6.94. The smallest absolute Gasteiger partial charge is 0.227 e. The third-order valence-electron chi connectivity index (χ3n) is 9.26. The molecule has 7 heterocycles. The minimum atomic E-state index is 0.488. The zero-order chi connectivity index (χ0) is 34.5. The third kappa shape index (κ3) is 5.21. The van der Waals surface area contributed by atoms with Gasteiger partial charge >= 0.3 is 0 Å². The molecule has 2 aromatic carbocycles. The fraction of sp³-hybridized carbons (Fsp3) is 0. The first-order valence-electron chi connectivity index (χ1n) is 16.4. The van der Waals surface area contributed by atoms with Crippen molar-refractivity contribution in [2.45, 2.75) is 0 Å². The van der Waals surface area contributed by atoms with Crippen LogP contribution in [0.25, 0.3) is 90.9 Å². The molecule has 0 fully saturated rings. The van der Waals surface area contributed by atoms with E-state index in [0.717, 1.165) is 80.8 Å². The summed E-state index contributed by atoms with van der Waals surface area (Å²) < 4.78 is 2.50. The molecule has 0 amide bonds. The first kappa shape index (κ1) is 29.8. The van der Waals surface area contributed by atoms with E-state index in [2.05, 4.69) is 9.97 Å². The molecule has 7 aromatic rings. The molecule has 2 aliphatic rings. The Morgan fingerprint density at radius 1 is 0.392 bits per heavy atom. The number of hydrogen-bond acceptors (Lipinski definition) is 4.